The van der Waals surface area contributed by atoms with Gasteiger partial charge < -0.3 is 24.3 Å². The molecule has 17 nitrogen and oxygen atoms in total. The van der Waals surface area contributed by atoms with Crippen LogP contribution in [0.3, 0.4) is 0 Å². The lowest BCUT2D eigenvalue weighted by Crippen LogP contribution is -2.27. The van der Waals surface area contributed by atoms with Crippen LogP contribution in [0.1, 0.15) is 105 Å². The lowest BCUT2D eigenvalue weighted by molar-refractivity contribution is 0.0994. The van der Waals surface area contributed by atoms with Gasteiger partial charge in [-0.1, -0.05) is 0 Å². The number of nitrogens with zero attached hydrogens (tertiary/aromatic N) is 8. The van der Waals surface area contributed by atoms with Crippen LogP contribution in [-0.2, 0) is 13.1 Å². The maximum atomic E-state index is 13.7. The number of carbonyl (C=O) groups excluding carboxylic acids is 4. The minimum Gasteiger partial charge on any atom is -0.489 e. The topological polar surface area (TPSA) is 208 Å². The molecule has 294 valence electrons. The molecule has 2 unspecified atom stereocenters. The van der Waals surface area contributed by atoms with Crippen molar-refractivity contribution in [3.05, 3.63) is 70.3 Å². The molecular weight excluding hydrogens is 731 g/mol. The van der Waals surface area contributed by atoms with Crippen LogP contribution >= 0.6 is 0 Å². The van der Waals surface area contributed by atoms with Crippen molar-refractivity contribution in [1.29, 1.82) is 0 Å². The van der Waals surface area contributed by atoms with Gasteiger partial charge in [0.25, 0.3) is 11.8 Å². The Bertz CT molecular complexity index is 2490. The van der Waals surface area contributed by atoms with E-state index in [0.29, 0.717) is 95.0 Å². The average molecular weight is 774 g/mol. The summed E-state index contributed by atoms with van der Waals surface area (Å²) >= 11 is 0. The molecule has 4 atom stereocenters. The zero-order chi connectivity index (χ0) is 39.9. The second kappa shape index (κ2) is 13.6. The van der Waals surface area contributed by atoms with Crippen molar-refractivity contribution in [2.45, 2.75) is 79.1 Å². The third-order valence-electron chi connectivity index (χ3n) is 11.3. The van der Waals surface area contributed by atoms with Crippen LogP contribution in [0, 0.1) is 25.7 Å². The number of imidazole rings is 2. The van der Waals surface area contributed by atoms with Gasteiger partial charge >= 0.3 is 0 Å². The Hall–Kier alpha value is -6.52. The summed E-state index contributed by atoms with van der Waals surface area (Å²) in [6, 6.07) is 9.91. The number of aryl methyl sites for hydroxylation is 4. The highest BCUT2D eigenvalue weighted by Gasteiger charge is 2.44. The summed E-state index contributed by atoms with van der Waals surface area (Å²) in [6.07, 6.45) is 2.46. The molecule has 2 aliphatic heterocycles. The maximum absolute atomic E-state index is 13.7. The Labute approximate surface area is 326 Å². The van der Waals surface area contributed by atoms with E-state index in [2.05, 4.69) is 25.4 Å². The number of ether oxygens (including phenoxy) is 2. The molecule has 0 bridgehead atoms. The summed E-state index contributed by atoms with van der Waals surface area (Å²) in [6.45, 7) is 10.8. The third-order valence-corrected chi connectivity index (χ3v) is 11.3. The van der Waals surface area contributed by atoms with Crippen LogP contribution in [0.5, 0.6) is 11.5 Å². The molecule has 17 heteroatoms. The van der Waals surface area contributed by atoms with Gasteiger partial charge in [0.2, 0.25) is 17.8 Å². The van der Waals surface area contributed by atoms with E-state index in [9.17, 15) is 19.2 Å². The van der Waals surface area contributed by atoms with E-state index in [1.807, 2.05) is 32.3 Å². The number of rotatable bonds is 12. The fraction of sp³-hybridized carbons (Fsp3) is 0.400. The molecule has 9 rings (SSSR count). The Morgan fingerprint density at radius 3 is 1.61 bits per heavy atom. The van der Waals surface area contributed by atoms with Crippen LogP contribution in [0.2, 0.25) is 0 Å². The predicted molar refractivity (Wildman–Crippen MR) is 209 cm³/mol. The van der Waals surface area contributed by atoms with Crippen molar-refractivity contribution in [3.63, 3.8) is 0 Å². The number of nitrogens with two attached hydrogens (primary N) is 1. The highest BCUT2D eigenvalue weighted by molar-refractivity contribution is 6.05. The molecule has 4 N–H and O–H groups in total. The van der Waals surface area contributed by atoms with Gasteiger partial charge in [-0.25, -0.2) is 9.97 Å². The number of primary amides is 1. The van der Waals surface area contributed by atoms with Crippen molar-refractivity contribution in [2.24, 2.45) is 17.6 Å². The van der Waals surface area contributed by atoms with Gasteiger partial charge in [-0.05, 0) is 102 Å². The highest BCUT2D eigenvalue weighted by atomic mass is 16.5. The van der Waals surface area contributed by atoms with Gasteiger partial charge in [0.05, 0.1) is 34.5 Å². The number of Topliss-reactive ketones (excluding diaryl/α,β-unsaturated/α-hetero) is 1. The van der Waals surface area contributed by atoms with E-state index in [0.717, 1.165) is 36.2 Å². The van der Waals surface area contributed by atoms with Gasteiger partial charge in [-0.2, -0.15) is 10.2 Å². The number of hydrogen-bond donors (Lipinski definition) is 3. The van der Waals surface area contributed by atoms with E-state index in [-0.39, 0.29) is 35.2 Å². The number of benzene rings is 2. The summed E-state index contributed by atoms with van der Waals surface area (Å²) in [7, 11) is 0. The molecule has 2 aromatic carbocycles. The number of carbonyl (C=O) groups is 4. The fourth-order valence-electron chi connectivity index (χ4n) is 8.57. The number of nitrogens with one attached hydrogen (secondary N) is 2. The first-order valence-electron chi connectivity index (χ1n) is 19.3. The van der Waals surface area contributed by atoms with Gasteiger partial charge in [-0.15, -0.1) is 0 Å². The zero-order valence-electron chi connectivity index (χ0n) is 32.3. The molecule has 0 radical (unpaired) electrons. The monoisotopic (exact) mass is 773 g/mol. The number of ketones is 1. The summed E-state index contributed by atoms with van der Waals surface area (Å²) in [5.74, 6) is 1.04. The molecule has 1 aliphatic carbocycles. The van der Waals surface area contributed by atoms with E-state index in [1.165, 1.54) is 6.92 Å². The lowest BCUT2D eigenvalue weighted by Gasteiger charge is -2.29. The number of anilines is 2. The van der Waals surface area contributed by atoms with Crippen LogP contribution in [0.4, 0.5) is 11.9 Å². The van der Waals surface area contributed by atoms with Crippen molar-refractivity contribution in [3.8, 4) is 11.5 Å². The highest BCUT2D eigenvalue weighted by Crippen LogP contribution is 2.52. The SMILES string of the molecule is CCn1nc(C)cc1C(=O)Nc1nc2cc(C(C)=O)cc3c2n1[C@@H](CC1CC1C[C@H]1COc2cc(C(N)=O)cc4nc(NC(=O)c5cc(C)nn5CC)n1c24)CO3. The first-order valence-corrected chi connectivity index (χ1v) is 19.3. The summed E-state index contributed by atoms with van der Waals surface area (Å²) in [5, 5.41) is 15.0. The van der Waals surface area contributed by atoms with Crippen LogP contribution in [0.15, 0.2) is 36.4 Å². The first-order chi connectivity index (χ1) is 27.4. The molecule has 3 amide bonds. The Morgan fingerprint density at radius 2 is 1.18 bits per heavy atom. The second-order valence-electron chi connectivity index (χ2n) is 15.3. The lowest BCUT2D eigenvalue weighted by atomic mass is 10.0. The van der Waals surface area contributed by atoms with Crippen molar-refractivity contribution >= 4 is 57.5 Å². The Kier molecular flexibility index (Phi) is 8.62. The minimum absolute atomic E-state index is 0.106. The summed E-state index contributed by atoms with van der Waals surface area (Å²) in [4.78, 5) is 61.6. The van der Waals surface area contributed by atoms with Gasteiger partial charge in [0.15, 0.2) is 5.78 Å². The maximum Gasteiger partial charge on any atom is 0.276 e. The van der Waals surface area contributed by atoms with Crippen molar-refractivity contribution in [2.75, 3.05) is 23.8 Å². The summed E-state index contributed by atoms with van der Waals surface area (Å²) < 4.78 is 19.9. The average Bonchev–Trinajstić information content (AvgIpc) is 3.52. The molecule has 3 aliphatic rings. The molecule has 57 heavy (non-hydrogen) atoms. The quantitative estimate of drug-likeness (QED) is 0.138. The predicted octanol–water partition coefficient (Wildman–Crippen LogP) is 5.23. The molecule has 4 aromatic heterocycles. The zero-order valence-corrected chi connectivity index (χ0v) is 32.3. The minimum atomic E-state index is -0.601. The molecule has 6 aromatic rings. The van der Waals surface area contributed by atoms with Crippen molar-refractivity contribution in [1.82, 2.24) is 38.7 Å². The molecule has 1 fully saturated rings. The number of hydrogen-bond acceptors (Lipinski definition) is 10. The van der Waals surface area contributed by atoms with E-state index in [1.54, 1.807) is 45.8 Å². The fourth-order valence-corrected chi connectivity index (χ4v) is 8.57. The first kappa shape index (κ1) is 36.1. The molecule has 0 saturated heterocycles. The summed E-state index contributed by atoms with van der Waals surface area (Å²) in [5.41, 5.74) is 11.2. The molecule has 0 spiro atoms. The van der Waals surface area contributed by atoms with E-state index >= 15 is 0 Å². The van der Waals surface area contributed by atoms with Crippen LogP contribution in [-0.4, -0.2) is 75.4 Å². The normalized spacial score (nSPS) is 19.3. The third kappa shape index (κ3) is 6.26. The van der Waals surface area contributed by atoms with Gasteiger partial charge in [0.1, 0.15) is 47.1 Å². The van der Waals surface area contributed by atoms with E-state index in [4.69, 9.17) is 25.2 Å². The van der Waals surface area contributed by atoms with Crippen molar-refractivity contribution < 1.29 is 28.7 Å². The van der Waals surface area contributed by atoms with Gasteiger partial charge in [-0.3, -0.25) is 39.2 Å². The van der Waals surface area contributed by atoms with Crippen LogP contribution in [0.25, 0.3) is 22.1 Å². The molecule has 6 heterocycles. The second-order valence-corrected chi connectivity index (χ2v) is 15.3. The molecular formula is C40H43N11O6. The Morgan fingerprint density at radius 1 is 0.719 bits per heavy atom. The van der Waals surface area contributed by atoms with Crippen LogP contribution < -0.4 is 25.8 Å². The number of aromatic nitrogens is 8. The van der Waals surface area contributed by atoms with Gasteiger partial charge in [0, 0.05) is 24.2 Å². The standard InChI is InChI=1S/C40H43N11O6/c1-6-48-30(8-19(3)46-48)37(54)44-39-42-28-13-22(21(5)52)15-32-34(28)50(39)26(17-56-32)11-23-10-24(23)12-27-18-57-33-16-25(36(41)53)14-29-35(33)51(27)40(43-29)45-38(55)31-9-20(4)47-49(31)7-2/h8-9,13-16,23-24,26-27H,6-7,10-12,17-18H2,1-5H3,(H2,41,53)(H,42,44,54)(H,43,45,55)/t23?,24?,26-,27-/m0/s1. The number of amides is 3. The largest absolute Gasteiger partial charge is 0.489 e. The molecule has 1 saturated carbocycles. The van der Waals surface area contributed by atoms with E-state index < -0.39 is 5.91 Å². The Balaban J connectivity index is 0.997. The smallest absolute Gasteiger partial charge is 0.276 e.